The van der Waals surface area contributed by atoms with E-state index in [1.807, 2.05) is 30.3 Å². The summed E-state index contributed by atoms with van der Waals surface area (Å²) in [5.74, 6) is 1.27. The number of rotatable bonds is 5. The number of benzene rings is 3. The van der Waals surface area contributed by atoms with Crippen molar-refractivity contribution in [3.63, 3.8) is 0 Å². The molecular formula is C22H17ClN2O4. The fraction of sp³-hybridized carbons (Fsp3) is 0.0909. The standard InChI is InChI=1S/C22H17ClN2O4/c23-15-6-11-20-19(12-15)25(22(27)14-28-20)13-21(26)24-16-7-9-18(10-8-16)29-17-4-2-1-3-5-17/h1-12H,13-14H2,(H,24,26). The van der Waals surface area contributed by atoms with Crippen molar-refractivity contribution < 1.29 is 19.1 Å². The smallest absolute Gasteiger partial charge is 0.265 e. The van der Waals surface area contributed by atoms with Gasteiger partial charge in [0.05, 0.1) is 5.69 Å². The second kappa shape index (κ2) is 8.24. The Bertz CT molecular complexity index is 1040. The highest BCUT2D eigenvalue weighted by molar-refractivity contribution is 6.31. The summed E-state index contributed by atoms with van der Waals surface area (Å²) in [4.78, 5) is 26.1. The van der Waals surface area contributed by atoms with Crippen molar-refractivity contribution >= 4 is 34.8 Å². The number of para-hydroxylation sites is 1. The summed E-state index contributed by atoms with van der Waals surface area (Å²) in [6, 6.07) is 21.4. The molecule has 1 aliphatic heterocycles. The molecule has 4 rings (SSSR count). The molecule has 146 valence electrons. The number of hydrogen-bond acceptors (Lipinski definition) is 4. The van der Waals surface area contributed by atoms with Crippen molar-refractivity contribution in [1.29, 1.82) is 0 Å². The Hall–Kier alpha value is -3.51. The highest BCUT2D eigenvalue weighted by atomic mass is 35.5. The minimum atomic E-state index is -0.331. The number of nitrogens with one attached hydrogen (secondary N) is 1. The molecule has 0 spiro atoms. The van der Waals surface area contributed by atoms with E-state index in [4.69, 9.17) is 21.1 Å². The molecule has 0 saturated heterocycles. The molecule has 0 atom stereocenters. The summed E-state index contributed by atoms with van der Waals surface area (Å²) in [5, 5.41) is 3.24. The van der Waals surface area contributed by atoms with Crippen molar-refractivity contribution in [2.45, 2.75) is 0 Å². The van der Waals surface area contributed by atoms with Crippen LogP contribution in [-0.4, -0.2) is 25.0 Å². The summed E-state index contributed by atoms with van der Waals surface area (Å²) in [7, 11) is 0. The van der Waals surface area contributed by atoms with E-state index >= 15 is 0 Å². The van der Waals surface area contributed by atoms with Crippen LogP contribution in [-0.2, 0) is 9.59 Å². The number of ether oxygens (including phenoxy) is 2. The summed E-state index contributed by atoms with van der Waals surface area (Å²) in [5.41, 5.74) is 1.08. The van der Waals surface area contributed by atoms with Crippen molar-refractivity contribution in [1.82, 2.24) is 0 Å². The van der Waals surface area contributed by atoms with Gasteiger partial charge in [0.1, 0.15) is 23.8 Å². The molecule has 0 fully saturated rings. The Morgan fingerprint density at radius 3 is 2.52 bits per heavy atom. The highest BCUT2D eigenvalue weighted by Gasteiger charge is 2.27. The van der Waals surface area contributed by atoms with Crippen LogP contribution in [0, 0.1) is 0 Å². The monoisotopic (exact) mass is 408 g/mol. The number of fused-ring (bicyclic) bond motifs is 1. The number of halogens is 1. The second-order valence-corrected chi connectivity index (χ2v) is 6.80. The van der Waals surface area contributed by atoms with E-state index in [9.17, 15) is 9.59 Å². The van der Waals surface area contributed by atoms with Crippen LogP contribution in [0.2, 0.25) is 5.02 Å². The van der Waals surface area contributed by atoms with Crippen LogP contribution in [0.15, 0.2) is 72.8 Å². The number of amides is 2. The number of nitrogens with zero attached hydrogens (tertiary/aromatic N) is 1. The Labute approximate surface area is 172 Å². The molecule has 7 heteroatoms. The topological polar surface area (TPSA) is 67.9 Å². The summed E-state index contributed by atoms with van der Waals surface area (Å²) in [6.07, 6.45) is 0. The van der Waals surface area contributed by atoms with Crippen molar-refractivity contribution in [2.75, 3.05) is 23.4 Å². The van der Waals surface area contributed by atoms with E-state index in [-0.39, 0.29) is 25.0 Å². The molecule has 0 unspecified atom stereocenters. The van der Waals surface area contributed by atoms with Gasteiger partial charge in [-0.25, -0.2) is 0 Å². The first kappa shape index (κ1) is 18.8. The van der Waals surface area contributed by atoms with E-state index in [1.165, 1.54) is 4.90 Å². The Kier molecular flexibility index (Phi) is 5.35. The van der Waals surface area contributed by atoms with E-state index in [1.54, 1.807) is 42.5 Å². The van der Waals surface area contributed by atoms with Gasteiger partial charge in [0, 0.05) is 10.7 Å². The van der Waals surface area contributed by atoms with Crippen LogP contribution in [0.3, 0.4) is 0 Å². The van der Waals surface area contributed by atoms with Crippen LogP contribution in [0.4, 0.5) is 11.4 Å². The van der Waals surface area contributed by atoms with Gasteiger partial charge in [0.15, 0.2) is 6.61 Å². The SMILES string of the molecule is O=C(CN1C(=O)COc2ccc(Cl)cc21)Nc1ccc(Oc2ccccc2)cc1. The zero-order valence-electron chi connectivity index (χ0n) is 15.3. The zero-order valence-corrected chi connectivity index (χ0v) is 16.1. The molecule has 2 amide bonds. The number of carbonyl (C=O) groups excluding carboxylic acids is 2. The predicted molar refractivity (Wildman–Crippen MR) is 111 cm³/mol. The van der Waals surface area contributed by atoms with Crippen molar-refractivity contribution in [2.24, 2.45) is 0 Å². The van der Waals surface area contributed by atoms with Gasteiger partial charge in [0.2, 0.25) is 5.91 Å². The minimum absolute atomic E-state index is 0.118. The molecule has 0 aromatic heterocycles. The Morgan fingerprint density at radius 1 is 1.03 bits per heavy atom. The molecule has 1 heterocycles. The van der Waals surface area contributed by atoms with Gasteiger partial charge in [-0.2, -0.15) is 0 Å². The predicted octanol–water partition coefficient (Wildman–Crippen LogP) is 4.50. The maximum Gasteiger partial charge on any atom is 0.265 e. The van der Waals surface area contributed by atoms with Gasteiger partial charge in [-0.3, -0.25) is 14.5 Å². The van der Waals surface area contributed by atoms with E-state index in [0.717, 1.165) is 5.75 Å². The van der Waals surface area contributed by atoms with Crippen LogP contribution < -0.4 is 19.7 Å². The molecule has 3 aromatic rings. The lowest BCUT2D eigenvalue weighted by molar-refractivity contribution is -0.123. The lowest BCUT2D eigenvalue weighted by Gasteiger charge is -2.29. The third-order valence-electron chi connectivity index (χ3n) is 4.28. The first-order valence-corrected chi connectivity index (χ1v) is 9.32. The summed E-state index contributed by atoms with van der Waals surface area (Å²) in [6.45, 7) is -0.259. The van der Waals surface area contributed by atoms with E-state index < -0.39 is 0 Å². The van der Waals surface area contributed by atoms with Crippen LogP contribution in [0.1, 0.15) is 0 Å². The molecule has 3 aromatic carbocycles. The number of carbonyl (C=O) groups is 2. The molecular weight excluding hydrogens is 392 g/mol. The molecule has 0 bridgehead atoms. The highest BCUT2D eigenvalue weighted by Crippen LogP contribution is 2.34. The third kappa shape index (κ3) is 4.50. The zero-order chi connectivity index (χ0) is 20.2. The third-order valence-corrected chi connectivity index (χ3v) is 4.52. The minimum Gasteiger partial charge on any atom is -0.482 e. The summed E-state index contributed by atoms with van der Waals surface area (Å²) < 4.78 is 11.1. The Balaban J connectivity index is 1.41. The number of anilines is 2. The fourth-order valence-corrected chi connectivity index (χ4v) is 3.09. The second-order valence-electron chi connectivity index (χ2n) is 6.37. The first-order chi connectivity index (χ1) is 14.1. The largest absolute Gasteiger partial charge is 0.482 e. The molecule has 29 heavy (non-hydrogen) atoms. The van der Waals surface area contributed by atoms with Gasteiger partial charge in [-0.05, 0) is 54.6 Å². The molecule has 1 N–H and O–H groups in total. The molecule has 0 aliphatic carbocycles. The average Bonchev–Trinajstić information content (AvgIpc) is 2.72. The van der Waals surface area contributed by atoms with Crippen LogP contribution >= 0.6 is 11.6 Å². The molecule has 1 aliphatic rings. The van der Waals surface area contributed by atoms with Gasteiger partial charge in [0.25, 0.3) is 5.91 Å². The van der Waals surface area contributed by atoms with Gasteiger partial charge >= 0.3 is 0 Å². The average molecular weight is 409 g/mol. The maximum absolute atomic E-state index is 12.5. The first-order valence-electron chi connectivity index (χ1n) is 8.94. The summed E-state index contributed by atoms with van der Waals surface area (Å²) >= 11 is 6.02. The van der Waals surface area contributed by atoms with E-state index in [2.05, 4.69) is 5.32 Å². The molecule has 6 nitrogen and oxygen atoms in total. The quantitative estimate of drug-likeness (QED) is 0.675. The van der Waals surface area contributed by atoms with Crippen LogP contribution in [0.5, 0.6) is 17.2 Å². The van der Waals surface area contributed by atoms with Gasteiger partial charge in [-0.15, -0.1) is 0 Å². The fourth-order valence-electron chi connectivity index (χ4n) is 2.92. The number of hydrogen-bond donors (Lipinski definition) is 1. The van der Waals surface area contributed by atoms with Gasteiger partial charge < -0.3 is 14.8 Å². The van der Waals surface area contributed by atoms with E-state index in [0.29, 0.717) is 27.9 Å². The molecule has 0 saturated carbocycles. The van der Waals surface area contributed by atoms with Gasteiger partial charge in [-0.1, -0.05) is 29.8 Å². The molecule has 0 radical (unpaired) electrons. The lowest BCUT2D eigenvalue weighted by Crippen LogP contribution is -2.43. The lowest BCUT2D eigenvalue weighted by atomic mass is 10.2. The normalized spacial score (nSPS) is 12.7. The van der Waals surface area contributed by atoms with Crippen molar-refractivity contribution in [3.05, 3.63) is 77.8 Å². The maximum atomic E-state index is 12.5. The van der Waals surface area contributed by atoms with Crippen molar-refractivity contribution in [3.8, 4) is 17.2 Å². The Morgan fingerprint density at radius 2 is 1.76 bits per heavy atom. The van der Waals surface area contributed by atoms with Crippen LogP contribution in [0.25, 0.3) is 0 Å².